The second-order valence-corrected chi connectivity index (χ2v) is 38.5. The number of carbonyl (C=O) groups is 10. The number of anilines is 3. The molecule has 0 spiro atoms. The number of hydrogen-bond donors (Lipinski definition) is 13. The van der Waals surface area contributed by atoms with Crippen molar-refractivity contribution in [3.8, 4) is 5.75 Å². The van der Waals surface area contributed by atoms with E-state index in [4.69, 9.17) is 71.0 Å². The first-order valence-corrected chi connectivity index (χ1v) is 48.3. The number of benzene rings is 5. The molecule has 0 saturated heterocycles. The number of primary amides is 1. The summed E-state index contributed by atoms with van der Waals surface area (Å²) in [6, 6.07) is 33.0. The number of nitrogens with zero attached hydrogens (tertiary/aromatic N) is 13. The maximum atomic E-state index is 13.3. The first kappa shape index (κ1) is 122. The first-order chi connectivity index (χ1) is 69.3. The molecule has 6 aromatic heterocycles. The highest BCUT2D eigenvalue weighted by Crippen LogP contribution is 2.36. The molecule has 6 heterocycles. The van der Waals surface area contributed by atoms with Crippen LogP contribution in [0.25, 0.3) is 76.3 Å². The molecule has 0 bridgehead atoms. The highest BCUT2D eigenvalue weighted by Gasteiger charge is 2.32. The summed E-state index contributed by atoms with van der Waals surface area (Å²) in [4.78, 5) is 160. The Morgan fingerprint density at radius 2 is 0.953 bits per heavy atom. The molecule has 2 atom stereocenters. The molecular formula is C103H144N22O23. The number of aromatic nitrogens is 9. The lowest BCUT2D eigenvalue weighted by atomic mass is 9.89. The van der Waals surface area contributed by atoms with E-state index in [1.54, 1.807) is 121 Å². The molecule has 0 fully saturated rings. The number of nitrogens with one attached hydrogen (secondary N) is 6. The Hall–Kier alpha value is -14.7. The fraction of sp³-hybridized carbons (Fsp3) is 0.495. The zero-order chi connectivity index (χ0) is 109. The quantitative estimate of drug-likeness (QED) is 0.00194. The van der Waals surface area contributed by atoms with Crippen LogP contribution in [0.5, 0.6) is 5.75 Å². The van der Waals surface area contributed by atoms with E-state index in [2.05, 4.69) is 61.9 Å². The number of urea groups is 1. The third-order valence-corrected chi connectivity index (χ3v) is 21.1. The lowest BCUT2D eigenvalue weighted by Crippen LogP contribution is -2.46. The van der Waals surface area contributed by atoms with Crippen molar-refractivity contribution >= 4 is 149 Å². The number of rotatable bonds is 46. The monoisotopic (exact) mass is 2060 g/mol. The normalized spacial score (nSPS) is 11.9. The molecule has 0 unspecified atom stereocenters. The van der Waals surface area contributed by atoms with E-state index in [1.807, 2.05) is 107 Å². The Bertz CT molecular complexity index is 6360. The average molecular weight is 2060 g/mol. The first-order valence-electron chi connectivity index (χ1n) is 48.3. The van der Waals surface area contributed by atoms with E-state index in [-0.39, 0.29) is 101 Å². The van der Waals surface area contributed by atoms with E-state index >= 15 is 0 Å². The number of carboxylic acid groups (broad SMARTS) is 1. The van der Waals surface area contributed by atoms with Gasteiger partial charge >= 0.3 is 30.3 Å². The van der Waals surface area contributed by atoms with Gasteiger partial charge in [0.15, 0.2) is 23.2 Å². The zero-order valence-corrected chi connectivity index (χ0v) is 86.5. The van der Waals surface area contributed by atoms with Crippen LogP contribution >= 0.6 is 0 Å². The number of hydrogen-bond acceptors (Lipinski definition) is 31. The maximum Gasteiger partial charge on any atom is 0.514 e. The molecule has 0 aliphatic rings. The molecule has 45 heteroatoms. The summed E-state index contributed by atoms with van der Waals surface area (Å²) >= 11 is 0. The fourth-order valence-electron chi connectivity index (χ4n) is 14.7. The molecule has 0 radical (unpaired) electrons. The number of ether oxygens (including phenoxy) is 7. The molecule has 0 aliphatic heterocycles. The number of carboxylic acids is 1. The van der Waals surface area contributed by atoms with Crippen molar-refractivity contribution < 1.29 is 106 Å². The summed E-state index contributed by atoms with van der Waals surface area (Å²) in [5.74, 6) is -0.158. The van der Waals surface area contributed by atoms with Gasteiger partial charge in [-0.3, -0.25) is 38.9 Å². The van der Waals surface area contributed by atoms with Gasteiger partial charge in [0.25, 0.3) is 5.69 Å². The van der Waals surface area contributed by atoms with Crippen molar-refractivity contribution in [3.05, 3.63) is 170 Å². The Labute approximate surface area is 858 Å². The van der Waals surface area contributed by atoms with Gasteiger partial charge in [-0.1, -0.05) is 105 Å². The van der Waals surface area contributed by atoms with Crippen LogP contribution in [-0.4, -0.2) is 215 Å². The van der Waals surface area contributed by atoms with Gasteiger partial charge in [-0.25, -0.2) is 49.1 Å². The van der Waals surface area contributed by atoms with Crippen LogP contribution in [0.15, 0.2) is 126 Å². The molecule has 16 N–H and O–H groups in total. The third-order valence-electron chi connectivity index (χ3n) is 21.1. The van der Waals surface area contributed by atoms with Crippen LogP contribution in [0, 0.1) is 22.0 Å². The molecular weight excluding hydrogens is 1910 g/mol. The van der Waals surface area contributed by atoms with Crippen LogP contribution in [0.2, 0.25) is 0 Å². The van der Waals surface area contributed by atoms with Crippen molar-refractivity contribution in [2.24, 2.45) is 28.4 Å². The molecule has 148 heavy (non-hydrogen) atoms. The second kappa shape index (κ2) is 58.0. The van der Waals surface area contributed by atoms with Gasteiger partial charge in [-0.2, -0.15) is 0 Å². The summed E-state index contributed by atoms with van der Waals surface area (Å²) in [6.45, 7) is 34.9. The van der Waals surface area contributed by atoms with Crippen molar-refractivity contribution in [3.63, 3.8) is 0 Å². The Balaban J connectivity index is 0.000000294. The number of alkyl carbamates (subject to hydrolysis) is 2. The van der Waals surface area contributed by atoms with Gasteiger partial charge in [-0.05, 0) is 195 Å². The van der Waals surface area contributed by atoms with E-state index in [9.17, 15) is 73.4 Å². The van der Waals surface area contributed by atoms with Crippen molar-refractivity contribution in [1.82, 2.24) is 64.9 Å². The summed E-state index contributed by atoms with van der Waals surface area (Å²) in [6.07, 6.45) is 0.316. The van der Waals surface area contributed by atoms with Crippen LogP contribution in [0.4, 0.5) is 42.3 Å². The highest BCUT2D eigenvalue weighted by molar-refractivity contribution is 6.11. The van der Waals surface area contributed by atoms with Crippen molar-refractivity contribution in [2.45, 2.75) is 269 Å². The van der Waals surface area contributed by atoms with Crippen molar-refractivity contribution in [2.75, 3.05) is 68.9 Å². The molecule has 804 valence electrons. The molecule has 11 aromatic rings. The highest BCUT2D eigenvalue weighted by atomic mass is 16.7. The smallest absolute Gasteiger partial charge is 0.481 e. The van der Waals surface area contributed by atoms with Gasteiger partial charge < -0.3 is 116 Å². The Morgan fingerprint density at radius 3 is 1.36 bits per heavy atom. The van der Waals surface area contributed by atoms with Crippen LogP contribution < -0.4 is 53.8 Å². The number of nitro benzene ring substituents is 1. The summed E-state index contributed by atoms with van der Waals surface area (Å²) < 4.78 is 42.9. The number of amides is 7. The summed E-state index contributed by atoms with van der Waals surface area (Å²) in [5, 5.41) is 72.5. The van der Waals surface area contributed by atoms with Crippen molar-refractivity contribution in [1.29, 1.82) is 0 Å². The lowest BCUT2D eigenvalue weighted by Gasteiger charge is -2.24. The van der Waals surface area contributed by atoms with Crippen LogP contribution in [0.3, 0.4) is 0 Å². The Kier molecular flexibility index (Phi) is 47.8. The van der Waals surface area contributed by atoms with Gasteiger partial charge in [0, 0.05) is 111 Å². The van der Waals surface area contributed by atoms with Crippen LogP contribution in [-0.2, 0) is 110 Å². The number of nitrogens with two attached hydrogens (primary N) is 3. The van der Waals surface area contributed by atoms with Gasteiger partial charge in [0.1, 0.15) is 83.2 Å². The number of aliphatic carboxylic acids is 1. The molecule has 45 nitrogen and oxygen atoms in total. The summed E-state index contributed by atoms with van der Waals surface area (Å²) in [7, 11) is 0. The lowest BCUT2D eigenvalue weighted by molar-refractivity contribution is -0.384. The SMILES string of the molecule is C.CC(C)(C)OC(=O)NCCCC(=O)O.CC(C)[C@H](CC(=O)CN=[N+]=[N-])C(=O)N[C@@H](CCCNC(N)=O)C(=O)Cc1ccc(COC(=O)Oc2ccc([N+](=O)[O-])cc2)cc1.CCOCc1nc2c(N)nc3ccccc3c2n1CC(C)(C)O.CCOCc1nc2c(NC(=O)CCCN)nc3ccccc3c2n1CC(C)(C)O.CCOCc1nc2c(NC(=O)CCCNC(=O)OC(C)(C)C)nc3ccccc3c2n1CC(C)(C)O. The van der Waals surface area contributed by atoms with Gasteiger partial charge in [-0.15, -0.1) is 0 Å². The van der Waals surface area contributed by atoms with E-state index in [0.29, 0.717) is 167 Å². The third kappa shape index (κ3) is 40.9. The number of para-hydroxylation sites is 3. The fourth-order valence-corrected chi connectivity index (χ4v) is 14.7. The number of Topliss-reactive ketones (excluding diaryl/α,β-unsaturated/α-hetero) is 2. The number of ketones is 2. The number of azide groups is 1. The maximum absolute atomic E-state index is 13.3. The molecule has 11 rings (SSSR count). The number of aliphatic hydroxyl groups is 3. The second-order valence-electron chi connectivity index (χ2n) is 38.5. The number of carbonyl (C=O) groups excluding carboxylic acids is 9. The Morgan fingerprint density at radius 1 is 0.541 bits per heavy atom. The zero-order valence-electron chi connectivity index (χ0n) is 86.5. The molecule has 0 saturated carbocycles. The van der Waals surface area contributed by atoms with Gasteiger partial charge in [0.2, 0.25) is 17.7 Å². The molecule has 7 amide bonds. The number of nitro groups is 1. The summed E-state index contributed by atoms with van der Waals surface area (Å²) in [5.41, 5.74) is 28.8. The van der Waals surface area contributed by atoms with E-state index in [1.165, 1.54) is 24.3 Å². The largest absolute Gasteiger partial charge is 0.514 e. The standard InChI is InChI=1S/C29H35N7O9.C26H37N5O5.C21H29N5O3.C17H22N4O2.C9H17NO4.CH4/c1-18(2)24(15-22(37)16-33-35-31)27(39)34-25(4-3-13-32-28(30)40)26(38)14-19-5-7-20(8-6-19)17-44-29(41)45-23-11-9-21(10-12-23)36(42)43;1-7-35-15-19-29-21-22(31(19)16-26(5,6)34)17-11-8-9-12-18(17)28-23(21)30-20(32)13-10-14-27-24(33)36-25(2,3)4;1-4-29-12-16-24-18-19(26(16)13-21(2,3)28)14-8-5-6-9-15(14)23-20(18)25-17(27)10-7-11-22;1-4-23-9-13-20-14-15(21(13)10-17(2,3)22)11-7-5-6-8-12(11)19-16(14)18;1-9(2,3)14-8(13)10-6-4-5-7(11)12;/h5-12,18,24-25H,3-4,13-17H2,1-2H3,(H,34,39)(H3,30,32,40);8-9,11-12,34H,7,10,13-16H2,1-6H3,(H,27,33)(H,28,30,32);5-6,8-9,28H,4,7,10-13,22H2,1-3H3,(H,23,25,27);5-8,22H,4,9-10H2,1-3H3,(H2,18,19);4-6H2,1-3H3,(H,10,13)(H,11,12);1H4/t24-,25-;;;;;/m0...../s1. The molecule has 0 aliphatic carbocycles. The molecule has 5 aromatic carbocycles. The predicted octanol–water partition coefficient (Wildman–Crippen LogP) is 15.1. The topological polar surface area (TPSA) is 650 Å². The van der Waals surface area contributed by atoms with Gasteiger partial charge in [0.05, 0.1) is 87.0 Å². The average Bonchev–Trinajstić information content (AvgIpc) is 1.59. The van der Waals surface area contributed by atoms with E-state index < -0.39 is 86.9 Å². The minimum absolute atomic E-state index is 0. The number of fused-ring (bicyclic) bond motifs is 9. The number of non-ortho nitro benzene ring substituents is 1. The van der Waals surface area contributed by atoms with Crippen LogP contribution in [0.1, 0.15) is 212 Å². The number of pyridine rings is 3. The minimum atomic E-state index is -1.01. The number of imidazole rings is 3. The predicted molar refractivity (Wildman–Crippen MR) is 561 cm³/mol. The van der Waals surface area contributed by atoms with E-state index in [0.717, 1.165) is 49.6 Å². The number of nitrogen functional groups attached to an aromatic ring is 1. The minimum Gasteiger partial charge on any atom is -0.481 e.